The van der Waals surface area contributed by atoms with Crippen LogP contribution in [0, 0.1) is 5.92 Å². The van der Waals surface area contributed by atoms with Crippen LogP contribution in [-0.4, -0.2) is 26.3 Å². The van der Waals surface area contributed by atoms with E-state index in [0.29, 0.717) is 19.6 Å². The minimum Gasteiger partial charge on any atom is -0.497 e. The van der Waals surface area contributed by atoms with Crippen molar-refractivity contribution >= 4 is 5.97 Å². The lowest BCUT2D eigenvalue weighted by atomic mass is 10.1. The molecule has 1 aromatic carbocycles. The molecule has 4 nitrogen and oxygen atoms in total. The van der Waals surface area contributed by atoms with Gasteiger partial charge in [-0.2, -0.15) is 0 Å². The van der Waals surface area contributed by atoms with Gasteiger partial charge in [0.05, 0.1) is 26.2 Å². The van der Waals surface area contributed by atoms with Crippen LogP contribution < -0.4 is 9.47 Å². The fourth-order valence-corrected chi connectivity index (χ4v) is 1.43. The number of hydrogen-bond acceptors (Lipinski definition) is 4. The predicted molar refractivity (Wildman–Crippen MR) is 68.9 cm³/mol. The minimum atomic E-state index is -0.171. The first kappa shape index (κ1) is 14.4. The summed E-state index contributed by atoms with van der Waals surface area (Å²) in [5.74, 6) is 1.26. The summed E-state index contributed by atoms with van der Waals surface area (Å²) in [6.45, 7) is 4.56. The number of rotatable bonds is 7. The molecule has 0 aromatic heterocycles. The Morgan fingerprint density at radius 1 is 1.22 bits per heavy atom. The van der Waals surface area contributed by atoms with Crippen molar-refractivity contribution in [2.24, 2.45) is 5.92 Å². The second kappa shape index (κ2) is 7.58. The Morgan fingerprint density at radius 3 is 2.39 bits per heavy atom. The second-order valence-electron chi connectivity index (χ2n) is 3.97. The van der Waals surface area contributed by atoms with Gasteiger partial charge in [-0.1, -0.05) is 6.92 Å². The third-order valence-electron chi connectivity index (χ3n) is 2.57. The van der Waals surface area contributed by atoms with Gasteiger partial charge in [-0.25, -0.2) is 0 Å². The van der Waals surface area contributed by atoms with Crippen LogP contribution in [0.2, 0.25) is 0 Å². The fourth-order valence-electron chi connectivity index (χ4n) is 1.43. The highest BCUT2D eigenvalue weighted by molar-refractivity contribution is 5.71. The van der Waals surface area contributed by atoms with E-state index in [1.54, 1.807) is 14.0 Å². The fraction of sp³-hybridized carbons (Fsp3) is 0.500. The van der Waals surface area contributed by atoms with Crippen LogP contribution in [0.4, 0.5) is 0 Å². The van der Waals surface area contributed by atoms with E-state index >= 15 is 0 Å². The molecule has 18 heavy (non-hydrogen) atoms. The van der Waals surface area contributed by atoms with Gasteiger partial charge in [-0.3, -0.25) is 4.79 Å². The normalized spacial score (nSPS) is 11.7. The number of carbonyl (C=O) groups is 1. The summed E-state index contributed by atoms with van der Waals surface area (Å²) >= 11 is 0. The second-order valence-corrected chi connectivity index (χ2v) is 3.97. The molecular weight excluding hydrogens is 232 g/mol. The monoisotopic (exact) mass is 252 g/mol. The van der Waals surface area contributed by atoms with Crippen LogP contribution in [0.5, 0.6) is 11.5 Å². The maximum absolute atomic E-state index is 11.4. The average Bonchev–Trinajstić information content (AvgIpc) is 2.39. The van der Waals surface area contributed by atoms with Crippen molar-refractivity contribution in [3.8, 4) is 11.5 Å². The van der Waals surface area contributed by atoms with Crippen LogP contribution in [0.1, 0.15) is 20.3 Å². The first-order chi connectivity index (χ1) is 8.67. The van der Waals surface area contributed by atoms with Crippen molar-refractivity contribution in [1.29, 1.82) is 0 Å². The Hall–Kier alpha value is -1.71. The molecule has 4 heteroatoms. The molecular formula is C14H20O4. The van der Waals surface area contributed by atoms with E-state index in [9.17, 15) is 4.79 Å². The molecule has 1 rings (SSSR count). The summed E-state index contributed by atoms with van der Waals surface area (Å²) in [5.41, 5.74) is 0. The molecule has 0 N–H and O–H groups in total. The number of benzene rings is 1. The minimum absolute atomic E-state index is 0.136. The average molecular weight is 252 g/mol. The van der Waals surface area contributed by atoms with E-state index in [1.165, 1.54) is 0 Å². The van der Waals surface area contributed by atoms with Gasteiger partial charge in [0, 0.05) is 0 Å². The molecule has 1 aromatic rings. The maximum atomic E-state index is 11.4. The van der Waals surface area contributed by atoms with Crippen molar-refractivity contribution in [2.45, 2.75) is 20.3 Å². The van der Waals surface area contributed by atoms with Crippen molar-refractivity contribution in [1.82, 2.24) is 0 Å². The maximum Gasteiger partial charge on any atom is 0.308 e. The molecule has 0 saturated heterocycles. The van der Waals surface area contributed by atoms with Crippen molar-refractivity contribution in [2.75, 3.05) is 20.3 Å². The van der Waals surface area contributed by atoms with Crippen LogP contribution in [0.25, 0.3) is 0 Å². The Labute approximate surface area is 108 Å². The standard InChI is InChI=1S/C14H20O4/c1-4-17-14(15)11(2)9-10-18-13-7-5-12(16-3)6-8-13/h5-8,11H,4,9-10H2,1-3H3. The molecule has 1 atom stereocenters. The summed E-state index contributed by atoms with van der Waals surface area (Å²) in [5, 5.41) is 0. The molecule has 0 fully saturated rings. The zero-order valence-electron chi connectivity index (χ0n) is 11.1. The molecule has 0 spiro atoms. The smallest absolute Gasteiger partial charge is 0.308 e. The summed E-state index contributed by atoms with van der Waals surface area (Å²) in [7, 11) is 1.62. The van der Waals surface area contributed by atoms with E-state index < -0.39 is 0 Å². The van der Waals surface area contributed by atoms with E-state index in [1.807, 2.05) is 31.2 Å². The third kappa shape index (κ3) is 4.65. The van der Waals surface area contributed by atoms with Gasteiger partial charge in [0.15, 0.2) is 0 Å². The van der Waals surface area contributed by atoms with Gasteiger partial charge < -0.3 is 14.2 Å². The van der Waals surface area contributed by atoms with Gasteiger partial charge in [0.25, 0.3) is 0 Å². The Bertz CT molecular complexity index is 359. The molecule has 0 aliphatic carbocycles. The molecule has 0 aliphatic rings. The first-order valence-electron chi connectivity index (χ1n) is 6.10. The van der Waals surface area contributed by atoms with Crippen LogP contribution in [0.3, 0.4) is 0 Å². The Balaban J connectivity index is 2.30. The van der Waals surface area contributed by atoms with Gasteiger partial charge in [-0.15, -0.1) is 0 Å². The van der Waals surface area contributed by atoms with Gasteiger partial charge >= 0.3 is 5.97 Å². The summed E-state index contributed by atoms with van der Waals surface area (Å²) < 4.78 is 15.5. The van der Waals surface area contributed by atoms with Gasteiger partial charge in [-0.05, 0) is 37.6 Å². The number of hydrogen-bond donors (Lipinski definition) is 0. The van der Waals surface area contributed by atoms with Gasteiger partial charge in [0.2, 0.25) is 0 Å². The molecule has 0 aliphatic heterocycles. The molecule has 0 saturated carbocycles. The number of methoxy groups -OCH3 is 1. The highest BCUT2D eigenvalue weighted by Crippen LogP contribution is 2.17. The highest BCUT2D eigenvalue weighted by atomic mass is 16.5. The topological polar surface area (TPSA) is 44.8 Å². The zero-order chi connectivity index (χ0) is 13.4. The lowest BCUT2D eigenvalue weighted by Crippen LogP contribution is -2.17. The predicted octanol–water partition coefficient (Wildman–Crippen LogP) is 2.66. The summed E-state index contributed by atoms with van der Waals surface area (Å²) in [4.78, 5) is 11.4. The Kier molecular flexibility index (Phi) is 6.05. The number of ether oxygens (including phenoxy) is 3. The third-order valence-corrected chi connectivity index (χ3v) is 2.57. The largest absolute Gasteiger partial charge is 0.497 e. The molecule has 1 unspecified atom stereocenters. The molecule has 100 valence electrons. The van der Waals surface area contributed by atoms with Gasteiger partial charge in [0.1, 0.15) is 11.5 Å². The zero-order valence-corrected chi connectivity index (χ0v) is 11.1. The Morgan fingerprint density at radius 2 is 1.83 bits per heavy atom. The SMILES string of the molecule is CCOC(=O)C(C)CCOc1ccc(OC)cc1. The quantitative estimate of drug-likeness (QED) is 0.700. The highest BCUT2D eigenvalue weighted by Gasteiger charge is 2.13. The molecule has 0 radical (unpaired) electrons. The summed E-state index contributed by atoms with van der Waals surface area (Å²) in [6.07, 6.45) is 0.644. The van der Waals surface area contributed by atoms with Crippen LogP contribution in [-0.2, 0) is 9.53 Å². The molecule has 0 amide bonds. The summed E-state index contributed by atoms with van der Waals surface area (Å²) in [6, 6.07) is 7.36. The lowest BCUT2D eigenvalue weighted by molar-refractivity contribution is -0.147. The first-order valence-corrected chi connectivity index (χ1v) is 6.10. The van der Waals surface area contributed by atoms with Crippen LogP contribution in [0.15, 0.2) is 24.3 Å². The number of esters is 1. The van der Waals surface area contributed by atoms with E-state index in [4.69, 9.17) is 14.2 Å². The van der Waals surface area contributed by atoms with Crippen LogP contribution >= 0.6 is 0 Å². The van der Waals surface area contributed by atoms with Crippen molar-refractivity contribution in [3.63, 3.8) is 0 Å². The molecule has 0 bridgehead atoms. The van der Waals surface area contributed by atoms with Crippen molar-refractivity contribution < 1.29 is 19.0 Å². The van der Waals surface area contributed by atoms with E-state index in [-0.39, 0.29) is 11.9 Å². The van der Waals surface area contributed by atoms with Crippen molar-refractivity contribution in [3.05, 3.63) is 24.3 Å². The lowest BCUT2D eigenvalue weighted by Gasteiger charge is -2.11. The molecule has 0 heterocycles. The number of carbonyl (C=O) groups excluding carboxylic acids is 1. The van der Waals surface area contributed by atoms with E-state index in [2.05, 4.69) is 0 Å². The van der Waals surface area contributed by atoms with E-state index in [0.717, 1.165) is 11.5 Å².